The van der Waals surface area contributed by atoms with E-state index in [1.165, 1.54) is 6.92 Å². The molecule has 0 N–H and O–H groups in total. The molecule has 0 aromatic rings. The highest BCUT2D eigenvalue weighted by Crippen LogP contribution is 2.21. The average Bonchev–Trinajstić information content (AvgIpc) is 2.16. The molecule has 0 aliphatic rings. The van der Waals surface area contributed by atoms with Gasteiger partial charge in [0.15, 0.2) is 0 Å². The van der Waals surface area contributed by atoms with E-state index < -0.39 is 24.1 Å². The van der Waals surface area contributed by atoms with Gasteiger partial charge in [-0.3, -0.25) is 14.4 Å². The summed E-state index contributed by atoms with van der Waals surface area (Å²) in [5, 5.41) is 0. The van der Waals surface area contributed by atoms with Crippen molar-refractivity contribution >= 4 is 17.7 Å². The smallest absolute Gasteiger partial charge is 0.316 e. The number of ether oxygens (including phenoxy) is 2. The molecule has 16 heavy (non-hydrogen) atoms. The molecule has 0 atom stereocenters. The van der Waals surface area contributed by atoms with E-state index in [0.717, 1.165) is 0 Å². The topological polar surface area (TPSA) is 69.7 Å². The summed E-state index contributed by atoms with van der Waals surface area (Å²) in [6.45, 7) is 6.20. The molecule has 0 rings (SSSR count). The summed E-state index contributed by atoms with van der Waals surface area (Å²) >= 11 is 0. The van der Waals surface area contributed by atoms with Crippen LogP contribution in [-0.4, -0.2) is 24.5 Å². The van der Waals surface area contributed by atoms with Gasteiger partial charge in [0.2, 0.25) is 6.79 Å². The molecule has 0 bridgehead atoms. The molecule has 0 aromatic carbocycles. The second kappa shape index (κ2) is 6.25. The maximum Gasteiger partial charge on any atom is 0.316 e. The average molecular weight is 230 g/mol. The van der Waals surface area contributed by atoms with Crippen LogP contribution in [0.5, 0.6) is 0 Å². The van der Waals surface area contributed by atoms with Crippen molar-refractivity contribution < 1.29 is 23.9 Å². The first-order valence-corrected chi connectivity index (χ1v) is 5.12. The lowest BCUT2D eigenvalue weighted by Crippen LogP contribution is -2.27. The fourth-order valence-electron chi connectivity index (χ4n) is 0.743. The molecule has 92 valence electrons. The summed E-state index contributed by atoms with van der Waals surface area (Å²) < 4.78 is 9.32. The van der Waals surface area contributed by atoms with Crippen molar-refractivity contribution in [2.24, 2.45) is 5.41 Å². The lowest BCUT2D eigenvalue weighted by molar-refractivity contribution is -0.173. The van der Waals surface area contributed by atoms with Crippen molar-refractivity contribution in [2.45, 2.75) is 40.5 Å². The number of hydrogen-bond donors (Lipinski definition) is 0. The molecule has 0 unspecified atom stereocenters. The lowest BCUT2D eigenvalue weighted by Gasteiger charge is -2.19. The van der Waals surface area contributed by atoms with Crippen LogP contribution in [0.4, 0.5) is 0 Å². The van der Waals surface area contributed by atoms with Gasteiger partial charge < -0.3 is 9.47 Å². The molecule has 5 nitrogen and oxygen atoms in total. The fourth-order valence-corrected chi connectivity index (χ4v) is 0.743. The van der Waals surface area contributed by atoms with E-state index >= 15 is 0 Å². The van der Waals surface area contributed by atoms with Gasteiger partial charge in [-0.2, -0.15) is 0 Å². The minimum absolute atomic E-state index is 0.287. The van der Waals surface area contributed by atoms with Crippen LogP contribution in [0, 0.1) is 5.41 Å². The van der Waals surface area contributed by atoms with Crippen molar-refractivity contribution in [3.05, 3.63) is 0 Å². The molecular weight excluding hydrogens is 212 g/mol. The van der Waals surface area contributed by atoms with E-state index in [1.807, 2.05) is 6.92 Å². The van der Waals surface area contributed by atoms with Gasteiger partial charge in [0, 0.05) is 0 Å². The largest absolute Gasteiger partial charge is 0.428 e. The van der Waals surface area contributed by atoms with Gasteiger partial charge in [0.1, 0.15) is 12.2 Å². The summed E-state index contributed by atoms with van der Waals surface area (Å²) in [6, 6.07) is 0. The third-order valence-corrected chi connectivity index (χ3v) is 2.24. The van der Waals surface area contributed by atoms with E-state index in [1.54, 1.807) is 13.8 Å². The maximum absolute atomic E-state index is 11.4. The van der Waals surface area contributed by atoms with E-state index in [4.69, 9.17) is 4.74 Å². The fraction of sp³-hybridized carbons (Fsp3) is 0.727. The van der Waals surface area contributed by atoms with E-state index in [9.17, 15) is 14.4 Å². The Balaban J connectivity index is 3.87. The number of carbonyl (C=O) groups excluding carboxylic acids is 3. The quantitative estimate of drug-likeness (QED) is 0.392. The van der Waals surface area contributed by atoms with Gasteiger partial charge in [0.05, 0.1) is 5.41 Å². The Labute approximate surface area is 95.1 Å². The van der Waals surface area contributed by atoms with Crippen LogP contribution in [0.1, 0.15) is 40.5 Å². The third-order valence-electron chi connectivity index (χ3n) is 2.24. The van der Waals surface area contributed by atoms with Gasteiger partial charge in [-0.1, -0.05) is 6.92 Å². The van der Waals surface area contributed by atoms with Crippen LogP contribution in [0.25, 0.3) is 0 Å². The van der Waals surface area contributed by atoms with Crippen LogP contribution in [-0.2, 0) is 23.9 Å². The van der Waals surface area contributed by atoms with Crippen LogP contribution in [0.2, 0.25) is 0 Å². The SMILES string of the molecule is CCC(C)(C)C(=O)OCOC(=O)CC(C)=O. The molecular formula is C11H18O5. The first kappa shape index (κ1) is 14.6. The highest BCUT2D eigenvalue weighted by molar-refractivity contribution is 5.94. The molecule has 0 radical (unpaired) electrons. The van der Waals surface area contributed by atoms with E-state index in [-0.39, 0.29) is 12.2 Å². The zero-order valence-electron chi connectivity index (χ0n) is 10.2. The van der Waals surface area contributed by atoms with Crippen LogP contribution >= 0.6 is 0 Å². The monoisotopic (exact) mass is 230 g/mol. The minimum atomic E-state index is -0.686. The molecule has 0 heterocycles. The summed E-state index contributed by atoms with van der Waals surface area (Å²) in [5.41, 5.74) is -0.590. The highest BCUT2D eigenvalue weighted by atomic mass is 16.7. The number of rotatable bonds is 6. The van der Waals surface area contributed by atoms with Crippen molar-refractivity contribution in [1.82, 2.24) is 0 Å². The zero-order valence-corrected chi connectivity index (χ0v) is 10.2. The second-order valence-electron chi connectivity index (χ2n) is 4.18. The van der Waals surface area contributed by atoms with Gasteiger partial charge in [-0.05, 0) is 27.2 Å². The van der Waals surface area contributed by atoms with E-state index in [0.29, 0.717) is 6.42 Å². The van der Waals surface area contributed by atoms with Crippen LogP contribution in [0.3, 0.4) is 0 Å². The van der Waals surface area contributed by atoms with Crippen molar-refractivity contribution in [1.29, 1.82) is 0 Å². The number of hydrogen-bond acceptors (Lipinski definition) is 5. The Hall–Kier alpha value is -1.39. The number of esters is 2. The normalized spacial score (nSPS) is 10.8. The van der Waals surface area contributed by atoms with Gasteiger partial charge in [-0.25, -0.2) is 0 Å². The maximum atomic E-state index is 11.4. The van der Waals surface area contributed by atoms with Gasteiger partial charge >= 0.3 is 11.9 Å². The molecule has 0 fully saturated rings. The Bertz CT molecular complexity index is 280. The van der Waals surface area contributed by atoms with Crippen LogP contribution < -0.4 is 0 Å². The molecule has 0 saturated carbocycles. The van der Waals surface area contributed by atoms with Crippen molar-refractivity contribution in [3.63, 3.8) is 0 Å². The number of ketones is 1. The van der Waals surface area contributed by atoms with Crippen LogP contribution in [0.15, 0.2) is 0 Å². The summed E-state index contributed by atoms with van der Waals surface area (Å²) in [4.78, 5) is 32.9. The van der Waals surface area contributed by atoms with E-state index in [2.05, 4.69) is 4.74 Å². The molecule has 0 spiro atoms. The Morgan fingerprint density at radius 1 is 1.12 bits per heavy atom. The number of Topliss-reactive ketones (excluding diaryl/α,β-unsaturated/α-hetero) is 1. The zero-order chi connectivity index (χ0) is 12.8. The standard InChI is InChI=1S/C11H18O5/c1-5-11(3,4)10(14)16-7-15-9(13)6-8(2)12/h5-7H2,1-4H3. The Morgan fingerprint density at radius 3 is 2.12 bits per heavy atom. The van der Waals surface area contributed by atoms with Crippen molar-refractivity contribution in [3.8, 4) is 0 Å². The van der Waals surface area contributed by atoms with Crippen molar-refractivity contribution in [2.75, 3.05) is 6.79 Å². The molecule has 0 amide bonds. The Kier molecular flexibility index (Phi) is 5.71. The molecule has 0 aromatic heterocycles. The summed E-state index contributed by atoms with van der Waals surface area (Å²) in [7, 11) is 0. The minimum Gasteiger partial charge on any atom is -0.428 e. The first-order chi connectivity index (χ1) is 7.29. The number of carbonyl (C=O) groups is 3. The van der Waals surface area contributed by atoms with Gasteiger partial charge in [-0.15, -0.1) is 0 Å². The molecule has 0 aliphatic heterocycles. The Morgan fingerprint density at radius 2 is 1.69 bits per heavy atom. The summed E-state index contributed by atoms with van der Waals surface area (Å²) in [5.74, 6) is -1.40. The first-order valence-electron chi connectivity index (χ1n) is 5.12. The molecule has 0 saturated heterocycles. The second-order valence-corrected chi connectivity index (χ2v) is 4.18. The third kappa shape index (κ3) is 5.48. The van der Waals surface area contributed by atoms with Gasteiger partial charge in [0.25, 0.3) is 0 Å². The molecule has 0 aliphatic carbocycles. The summed E-state index contributed by atoms with van der Waals surface area (Å²) in [6.07, 6.45) is 0.335. The predicted molar refractivity (Wildman–Crippen MR) is 56.4 cm³/mol. The highest BCUT2D eigenvalue weighted by Gasteiger charge is 2.27. The lowest BCUT2D eigenvalue weighted by atomic mass is 9.91. The molecule has 5 heteroatoms. The predicted octanol–water partition coefficient (Wildman–Crippen LogP) is 1.45.